The van der Waals surface area contributed by atoms with Gasteiger partial charge in [-0.3, -0.25) is 9.78 Å². The van der Waals surface area contributed by atoms with Crippen LogP contribution in [-0.4, -0.2) is 25.9 Å². The van der Waals surface area contributed by atoms with Crippen LogP contribution in [0.3, 0.4) is 0 Å². The van der Waals surface area contributed by atoms with Gasteiger partial charge in [0, 0.05) is 17.1 Å². The molecule has 0 bridgehead atoms. The Balaban J connectivity index is 1.68. The lowest BCUT2D eigenvalue weighted by Gasteiger charge is -2.12. The number of carbonyl (C=O) groups excluding carboxylic acids is 1. The van der Waals surface area contributed by atoms with E-state index in [1.54, 1.807) is 0 Å². The number of nitrogens with one attached hydrogen (secondary N) is 1. The second-order valence-corrected chi connectivity index (χ2v) is 8.38. The van der Waals surface area contributed by atoms with Crippen molar-refractivity contribution in [1.29, 1.82) is 0 Å². The summed E-state index contributed by atoms with van der Waals surface area (Å²) in [6, 6.07) is 7.37. The molecule has 0 saturated heterocycles. The summed E-state index contributed by atoms with van der Waals surface area (Å²) < 4.78 is 83.7. The summed E-state index contributed by atoms with van der Waals surface area (Å²) in [5, 5.41) is -0.228. The van der Waals surface area contributed by atoms with Gasteiger partial charge in [-0.05, 0) is 36.4 Å². The molecule has 0 spiro atoms. The van der Waals surface area contributed by atoms with Crippen molar-refractivity contribution >= 4 is 38.5 Å². The minimum Gasteiger partial charge on any atom is -0.460 e. The molecular formula is C19H13ClF4N2O4S. The third kappa shape index (κ3) is 5.30. The fourth-order valence-corrected chi connectivity index (χ4v) is 4.13. The highest BCUT2D eigenvalue weighted by molar-refractivity contribution is 7.89. The number of sulfonamides is 1. The van der Waals surface area contributed by atoms with Gasteiger partial charge in [-0.2, -0.15) is 17.9 Å². The van der Waals surface area contributed by atoms with Crippen LogP contribution in [0.2, 0.25) is 5.02 Å². The maximum atomic E-state index is 13.8. The third-order valence-corrected chi connectivity index (χ3v) is 6.03. The molecular weight excluding hydrogens is 464 g/mol. The molecule has 2 aromatic carbocycles. The highest BCUT2D eigenvalue weighted by atomic mass is 35.5. The molecule has 0 atom stereocenters. The molecule has 0 aliphatic carbocycles. The van der Waals surface area contributed by atoms with E-state index in [1.165, 1.54) is 30.5 Å². The van der Waals surface area contributed by atoms with E-state index in [4.69, 9.17) is 16.3 Å². The second-order valence-electron chi connectivity index (χ2n) is 6.23. The van der Waals surface area contributed by atoms with E-state index in [1.807, 2.05) is 4.72 Å². The molecule has 0 aliphatic heterocycles. The summed E-state index contributed by atoms with van der Waals surface area (Å²) >= 11 is 5.72. The van der Waals surface area contributed by atoms with Crippen molar-refractivity contribution in [3.05, 3.63) is 70.6 Å². The van der Waals surface area contributed by atoms with Gasteiger partial charge in [0.15, 0.2) is 0 Å². The molecule has 0 aliphatic rings. The number of esters is 1. The SMILES string of the molecule is O=C(CNS(=O)(=O)c1cc(C(F)(F)F)ccc1Cl)OCc1ccc(F)c2cccnc12. The Labute approximate surface area is 178 Å². The van der Waals surface area contributed by atoms with Crippen LogP contribution in [-0.2, 0) is 32.3 Å². The topological polar surface area (TPSA) is 85.4 Å². The number of pyridine rings is 1. The van der Waals surface area contributed by atoms with Crippen LogP contribution in [0.1, 0.15) is 11.1 Å². The lowest BCUT2D eigenvalue weighted by atomic mass is 10.1. The number of ether oxygens (including phenoxy) is 1. The Morgan fingerprint density at radius 2 is 1.90 bits per heavy atom. The Morgan fingerprint density at radius 1 is 1.16 bits per heavy atom. The van der Waals surface area contributed by atoms with E-state index in [0.29, 0.717) is 17.7 Å². The first-order valence-corrected chi connectivity index (χ1v) is 10.4. The van der Waals surface area contributed by atoms with E-state index in [2.05, 4.69) is 4.98 Å². The summed E-state index contributed by atoms with van der Waals surface area (Å²) in [4.78, 5) is 15.2. The maximum absolute atomic E-state index is 13.8. The van der Waals surface area contributed by atoms with Crippen LogP contribution in [0.4, 0.5) is 17.6 Å². The smallest absolute Gasteiger partial charge is 0.416 e. The van der Waals surface area contributed by atoms with E-state index in [-0.39, 0.29) is 17.5 Å². The summed E-state index contributed by atoms with van der Waals surface area (Å²) in [5.41, 5.74) is -0.559. The first kappa shape index (κ1) is 22.9. The zero-order valence-electron chi connectivity index (χ0n) is 15.4. The number of alkyl halides is 3. The Morgan fingerprint density at radius 3 is 2.61 bits per heavy atom. The van der Waals surface area contributed by atoms with Gasteiger partial charge in [-0.1, -0.05) is 17.7 Å². The van der Waals surface area contributed by atoms with Crippen LogP contribution in [0.5, 0.6) is 0 Å². The number of nitrogens with zero attached hydrogens (tertiary/aromatic N) is 1. The summed E-state index contributed by atoms with van der Waals surface area (Å²) in [6.07, 6.45) is -3.35. The van der Waals surface area contributed by atoms with E-state index in [9.17, 15) is 30.8 Å². The van der Waals surface area contributed by atoms with Crippen LogP contribution in [0, 0.1) is 5.82 Å². The van der Waals surface area contributed by atoms with Gasteiger partial charge in [0.05, 0.1) is 16.1 Å². The molecule has 0 saturated carbocycles. The molecule has 3 rings (SSSR count). The largest absolute Gasteiger partial charge is 0.460 e. The van der Waals surface area contributed by atoms with Gasteiger partial charge in [0.2, 0.25) is 10.0 Å². The number of hydrogen-bond acceptors (Lipinski definition) is 5. The molecule has 0 unspecified atom stereocenters. The molecule has 164 valence electrons. The van der Waals surface area contributed by atoms with Gasteiger partial charge in [0.25, 0.3) is 0 Å². The van der Waals surface area contributed by atoms with Gasteiger partial charge in [0.1, 0.15) is 23.9 Å². The van der Waals surface area contributed by atoms with Gasteiger partial charge >= 0.3 is 12.1 Å². The Kier molecular flexibility index (Phi) is 6.48. The minimum atomic E-state index is -4.78. The molecule has 1 heterocycles. The number of aromatic nitrogens is 1. The molecule has 3 aromatic rings. The second kappa shape index (κ2) is 8.77. The molecule has 1 aromatic heterocycles. The predicted molar refractivity (Wildman–Crippen MR) is 103 cm³/mol. The first-order valence-electron chi connectivity index (χ1n) is 8.53. The summed E-state index contributed by atoms with van der Waals surface area (Å²) in [6.45, 7) is -1.18. The predicted octanol–water partition coefficient (Wildman–Crippen LogP) is 4.07. The van der Waals surface area contributed by atoms with Crippen molar-refractivity contribution in [3.63, 3.8) is 0 Å². The highest BCUT2D eigenvalue weighted by Crippen LogP contribution is 2.33. The average molecular weight is 477 g/mol. The van der Waals surface area contributed by atoms with Crippen molar-refractivity contribution in [2.75, 3.05) is 6.54 Å². The quantitative estimate of drug-likeness (QED) is 0.428. The summed E-state index contributed by atoms with van der Waals surface area (Å²) in [5.74, 6) is -1.52. The van der Waals surface area contributed by atoms with Crippen LogP contribution < -0.4 is 4.72 Å². The number of fused-ring (bicyclic) bond motifs is 1. The van der Waals surface area contributed by atoms with Crippen molar-refractivity contribution in [2.45, 2.75) is 17.7 Å². The molecule has 1 N–H and O–H groups in total. The van der Waals surface area contributed by atoms with Crippen molar-refractivity contribution < 1.29 is 35.5 Å². The molecule has 0 radical (unpaired) electrons. The standard InChI is InChI=1S/C19H13ClF4N2O4S/c20-14-5-4-12(19(22,23)24)8-16(14)31(28,29)26-9-17(27)30-10-11-3-6-15(21)13-2-1-7-25-18(11)13/h1-8,26H,9-10H2. The van der Waals surface area contributed by atoms with Crippen molar-refractivity contribution in [2.24, 2.45) is 0 Å². The summed E-state index contributed by atoms with van der Waals surface area (Å²) in [7, 11) is -4.54. The Hall–Kier alpha value is -2.76. The van der Waals surface area contributed by atoms with Gasteiger partial charge < -0.3 is 4.74 Å². The number of hydrogen-bond donors (Lipinski definition) is 1. The van der Waals surface area contributed by atoms with Gasteiger partial charge in [-0.25, -0.2) is 12.8 Å². The monoisotopic (exact) mass is 476 g/mol. The maximum Gasteiger partial charge on any atom is 0.416 e. The van der Waals surface area contributed by atoms with Crippen LogP contribution >= 0.6 is 11.6 Å². The van der Waals surface area contributed by atoms with E-state index < -0.39 is 50.0 Å². The molecule has 6 nitrogen and oxygen atoms in total. The number of rotatable bonds is 6. The lowest BCUT2D eigenvalue weighted by molar-refractivity contribution is -0.143. The zero-order valence-corrected chi connectivity index (χ0v) is 17.0. The van der Waals surface area contributed by atoms with Crippen molar-refractivity contribution in [3.8, 4) is 0 Å². The van der Waals surface area contributed by atoms with Crippen LogP contribution in [0.15, 0.2) is 53.6 Å². The first-order chi connectivity index (χ1) is 14.5. The number of halogens is 5. The van der Waals surface area contributed by atoms with Crippen molar-refractivity contribution in [1.82, 2.24) is 9.71 Å². The minimum absolute atomic E-state index is 0.218. The van der Waals surface area contributed by atoms with E-state index >= 15 is 0 Å². The number of benzene rings is 2. The zero-order chi connectivity index (χ0) is 22.8. The molecule has 12 heteroatoms. The highest BCUT2D eigenvalue weighted by Gasteiger charge is 2.32. The fraction of sp³-hybridized carbons (Fsp3) is 0.158. The molecule has 0 fully saturated rings. The lowest BCUT2D eigenvalue weighted by Crippen LogP contribution is -2.31. The third-order valence-electron chi connectivity index (χ3n) is 4.14. The Bertz CT molecular complexity index is 1250. The van der Waals surface area contributed by atoms with Crippen LogP contribution in [0.25, 0.3) is 10.9 Å². The molecule has 0 amide bonds. The van der Waals surface area contributed by atoms with Gasteiger partial charge in [-0.15, -0.1) is 0 Å². The number of carbonyl (C=O) groups is 1. The molecule has 31 heavy (non-hydrogen) atoms. The van der Waals surface area contributed by atoms with E-state index in [0.717, 1.165) is 6.07 Å². The average Bonchev–Trinajstić information content (AvgIpc) is 2.71. The normalized spacial score (nSPS) is 12.2. The fourth-order valence-electron chi connectivity index (χ4n) is 2.64.